The number of hydrogen-bond donors (Lipinski definition) is 2. The molecule has 0 aromatic heterocycles. The molecular weight excluding hydrogens is 405 g/mol. The van der Waals surface area contributed by atoms with Crippen molar-refractivity contribution >= 4 is 29.9 Å². The highest BCUT2D eigenvalue weighted by Gasteiger charge is 2.23. The van der Waals surface area contributed by atoms with Crippen molar-refractivity contribution in [1.29, 1.82) is 0 Å². The summed E-state index contributed by atoms with van der Waals surface area (Å²) in [4.78, 5) is 4.47. The number of aliphatic imine (C=N–C) groups is 1. The maximum atomic E-state index is 5.91. The van der Waals surface area contributed by atoms with Crippen LogP contribution in [0.3, 0.4) is 0 Å². The molecule has 1 aromatic rings. The van der Waals surface area contributed by atoms with Gasteiger partial charge in [-0.3, -0.25) is 4.99 Å². The van der Waals surface area contributed by atoms with Crippen molar-refractivity contribution in [2.45, 2.75) is 33.1 Å². The Kier molecular flexibility index (Phi) is 7.44. The Bertz CT molecular complexity index is 545. The molecule has 0 fully saturated rings. The number of rotatable bonds is 5. The third-order valence-corrected chi connectivity index (χ3v) is 3.66. The van der Waals surface area contributed by atoms with Crippen LogP contribution in [0.1, 0.15) is 33.3 Å². The topological polar surface area (TPSA) is 68.9 Å². The van der Waals surface area contributed by atoms with Crippen LogP contribution in [0, 0.1) is 5.92 Å². The van der Waals surface area contributed by atoms with Gasteiger partial charge in [0.2, 0.25) is 0 Å². The summed E-state index contributed by atoms with van der Waals surface area (Å²) in [5.41, 5.74) is 6.95. The average Bonchev–Trinajstić information content (AvgIpc) is 2.50. The van der Waals surface area contributed by atoms with E-state index in [9.17, 15) is 0 Å². The van der Waals surface area contributed by atoms with Crippen LogP contribution < -0.4 is 20.5 Å². The molecule has 0 saturated heterocycles. The van der Waals surface area contributed by atoms with Gasteiger partial charge in [0.25, 0.3) is 0 Å². The molecule has 23 heavy (non-hydrogen) atoms. The first kappa shape index (κ1) is 19.9. The van der Waals surface area contributed by atoms with Gasteiger partial charge >= 0.3 is 0 Å². The zero-order valence-electron chi connectivity index (χ0n) is 14.4. The fourth-order valence-electron chi connectivity index (χ4n) is 2.20. The zero-order valence-corrected chi connectivity index (χ0v) is 16.7. The van der Waals surface area contributed by atoms with Crippen molar-refractivity contribution in [2.75, 3.05) is 26.3 Å². The summed E-state index contributed by atoms with van der Waals surface area (Å²) < 4.78 is 11.2. The van der Waals surface area contributed by atoms with Gasteiger partial charge < -0.3 is 20.5 Å². The molecule has 130 valence electrons. The van der Waals surface area contributed by atoms with Crippen LogP contribution in [0.2, 0.25) is 0 Å². The minimum atomic E-state index is -0.125. The lowest BCUT2D eigenvalue weighted by molar-refractivity contribution is 0.171. The van der Waals surface area contributed by atoms with Gasteiger partial charge in [-0.2, -0.15) is 0 Å². The van der Waals surface area contributed by atoms with Crippen LogP contribution in [0.15, 0.2) is 23.2 Å². The highest BCUT2D eigenvalue weighted by atomic mass is 127. The molecule has 5 nitrogen and oxygen atoms in total. The van der Waals surface area contributed by atoms with E-state index >= 15 is 0 Å². The van der Waals surface area contributed by atoms with E-state index in [1.165, 1.54) is 0 Å². The van der Waals surface area contributed by atoms with E-state index in [1.54, 1.807) is 0 Å². The Morgan fingerprint density at radius 3 is 2.57 bits per heavy atom. The molecule has 0 amide bonds. The van der Waals surface area contributed by atoms with Crippen LogP contribution in [0.4, 0.5) is 0 Å². The van der Waals surface area contributed by atoms with Crippen LogP contribution in [0.5, 0.6) is 11.5 Å². The molecule has 0 atom stereocenters. The molecule has 0 bridgehead atoms. The summed E-state index contributed by atoms with van der Waals surface area (Å²) in [5.74, 6) is 2.66. The standard InChI is InChI=1S/C17H27N3O2.HI/c1-12(2)10-19-16(18)20-11-17(3,4)13-5-6-14-15(9-13)22-8-7-21-14;/h5-6,9,12H,7-8,10-11H2,1-4H3,(H3,18,19,20);1H. The molecule has 0 radical (unpaired) electrons. The molecular formula is C17H28IN3O2. The Morgan fingerprint density at radius 2 is 1.91 bits per heavy atom. The van der Waals surface area contributed by atoms with E-state index in [-0.39, 0.29) is 29.4 Å². The highest BCUT2D eigenvalue weighted by molar-refractivity contribution is 14.0. The van der Waals surface area contributed by atoms with Crippen molar-refractivity contribution in [2.24, 2.45) is 16.6 Å². The molecule has 2 rings (SSSR count). The summed E-state index contributed by atoms with van der Waals surface area (Å²) in [6.45, 7) is 11.2. The Hall–Kier alpha value is -1.18. The van der Waals surface area contributed by atoms with Crippen molar-refractivity contribution in [1.82, 2.24) is 5.32 Å². The molecule has 3 N–H and O–H groups in total. The third kappa shape index (κ3) is 5.75. The summed E-state index contributed by atoms with van der Waals surface area (Å²) in [6, 6.07) is 6.08. The highest BCUT2D eigenvalue weighted by Crippen LogP contribution is 2.35. The van der Waals surface area contributed by atoms with E-state index < -0.39 is 0 Å². The number of nitrogens with two attached hydrogens (primary N) is 1. The molecule has 1 aromatic carbocycles. The van der Waals surface area contributed by atoms with Crippen molar-refractivity contribution in [3.8, 4) is 11.5 Å². The van der Waals surface area contributed by atoms with Gasteiger partial charge in [0.15, 0.2) is 17.5 Å². The number of benzene rings is 1. The largest absolute Gasteiger partial charge is 0.486 e. The summed E-state index contributed by atoms with van der Waals surface area (Å²) in [6.07, 6.45) is 0. The maximum absolute atomic E-state index is 5.91. The number of halogens is 1. The van der Waals surface area contributed by atoms with Crippen molar-refractivity contribution < 1.29 is 9.47 Å². The van der Waals surface area contributed by atoms with E-state index in [0.29, 0.717) is 31.6 Å². The first-order valence-electron chi connectivity index (χ1n) is 7.82. The lowest BCUT2D eigenvalue weighted by atomic mass is 9.84. The number of nitrogens with zero attached hydrogens (tertiary/aromatic N) is 1. The second-order valence-corrected chi connectivity index (χ2v) is 6.72. The Labute approximate surface area is 156 Å². The fraction of sp³-hybridized carbons (Fsp3) is 0.588. The molecule has 0 saturated carbocycles. The Balaban J connectivity index is 0.00000264. The van der Waals surface area contributed by atoms with Crippen LogP contribution >= 0.6 is 24.0 Å². The normalized spacial score (nSPS) is 14.4. The summed E-state index contributed by atoms with van der Waals surface area (Å²) in [7, 11) is 0. The Morgan fingerprint density at radius 1 is 1.26 bits per heavy atom. The zero-order chi connectivity index (χ0) is 16.2. The van der Waals surface area contributed by atoms with Gasteiger partial charge in [0.05, 0.1) is 6.54 Å². The van der Waals surface area contributed by atoms with E-state index in [2.05, 4.69) is 44.1 Å². The third-order valence-electron chi connectivity index (χ3n) is 3.66. The van der Waals surface area contributed by atoms with E-state index in [1.807, 2.05) is 12.1 Å². The minimum absolute atomic E-state index is 0. The monoisotopic (exact) mass is 433 g/mol. The fourth-order valence-corrected chi connectivity index (χ4v) is 2.20. The molecule has 6 heteroatoms. The first-order chi connectivity index (χ1) is 10.4. The minimum Gasteiger partial charge on any atom is -0.486 e. The van der Waals surface area contributed by atoms with Gasteiger partial charge in [-0.1, -0.05) is 33.8 Å². The van der Waals surface area contributed by atoms with Crippen LogP contribution in [-0.4, -0.2) is 32.3 Å². The van der Waals surface area contributed by atoms with Gasteiger partial charge in [-0.05, 0) is 23.6 Å². The maximum Gasteiger partial charge on any atom is 0.188 e. The molecule has 1 heterocycles. The van der Waals surface area contributed by atoms with Gasteiger partial charge in [-0.25, -0.2) is 0 Å². The van der Waals surface area contributed by atoms with E-state index in [4.69, 9.17) is 15.2 Å². The van der Waals surface area contributed by atoms with Gasteiger partial charge in [0, 0.05) is 12.0 Å². The number of nitrogens with one attached hydrogen (secondary N) is 1. The summed E-state index contributed by atoms with van der Waals surface area (Å²) >= 11 is 0. The number of hydrogen-bond acceptors (Lipinski definition) is 3. The lowest BCUT2D eigenvalue weighted by Crippen LogP contribution is -2.35. The van der Waals surface area contributed by atoms with Crippen molar-refractivity contribution in [3.63, 3.8) is 0 Å². The van der Waals surface area contributed by atoms with E-state index in [0.717, 1.165) is 23.6 Å². The molecule has 1 aliphatic rings. The smallest absolute Gasteiger partial charge is 0.188 e. The SMILES string of the molecule is CC(C)CNC(N)=NCC(C)(C)c1ccc2c(c1)OCCO2.I. The number of fused-ring (bicyclic) bond motifs is 1. The predicted molar refractivity (Wildman–Crippen MR) is 105 cm³/mol. The molecule has 1 aliphatic heterocycles. The second-order valence-electron chi connectivity index (χ2n) is 6.72. The molecule has 0 spiro atoms. The van der Waals surface area contributed by atoms with Gasteiger partial charge in [0.1, 0.15) is 13.2 Å². The first-order valence-corrected chi connectivity index (χ1v) is 7.82. The summed E-state index contributed by atoms with van der Waals surface area (Å²) in [5, 5.41) is 3.14. The average molecular weight is 433 g/mol. The predicted octanol–water partition coefficient (Wildman–Crippen LogP) is 2.91. The number of ether oxygens (including phenoxy) is 2. The second kappa shape index (κ2) is 8.61. The molecule has 0 aliphatic carbocycles. The quantitative estimate of drug-likeness (QED) is 0.426. The lowest BCUT2D eigenvalue weighted by Gasteiger charge is -2.26. The van der Waals surface area contributed by atoms with Gasteiger partial charge in [-0.15, -0.1) is 24.0 Å². The number of guanidine groups is 1. The molecule has 0 unspecified atom stereocenters. The van der Waals surface area contributed by atoms with Crippen LogP contribution in [0.25, 0.3) is 0 Å². The van der Waals surface area contributed by atoms with Crippen LogP contribution in [-0.2, 0) is 5.41 Å². The van der Waals surface area contributed by atoms with Crippen molar-refractivity contribution in [3.05, 3.63) is 23.8 Å².